The van der Waals surface area contributed by atoms with E-state index in [4.69, 9.17) is 9.84 Å². The molecule has 2 aromatic carbocycles. The van der Waals surface area contributed by atoms with Gasteiger partial charge < -0.3 is 14.6 Å². The maximum atomic E-state index is 11.0. The van der Waals surface area contributed by atoms with E-state index in [2.05, 4.69) is 32.8 Å². The van der Waals surface area contributed by atoms with E-state index in [9.17, 15) is 9.59 Å². The number of benzene rings is 2. The lowest BCUT2D eigenvalue weighted by Gasteiger charge is -2.03. The van der Waals surface area contributed by atoms with Gasteiger partial charge in [0.25, 0.3) is 0 Å². The molecule has 3 rings (SSSR count). The summed E-state index contributed by atoms with van der Waals surface area (Å²) in [5.74, 6) is -0.307. The zero-order chi connectivity index (χ0) is 20.5. The lowest BCUT2D eigenvalue weighted by molar-refractivity contribution is -0.145. The Hall–Kier alpha value is -2.18. The van der Waals surface area contributed by atoms with Crippen LogP contribution in [0.3, 0.4) is 0 Å². The van der Waals surface area contributed by atoms with Crippen LogP contribution in [0, 0.1) is 0 Å². The Balaban J connectivity index is 0.000000234. The van der Waals surface area contributed by atoms with Crippen LogP contribution in [-0.4, -0.2) is 30.3 Å². The number of carbonyl (C=O) groups is 2. The van der Waals surface area contributed by atoms with Gasteiger partial charge in [-0.1, -0.05) is 76.6 Å². The molecule has 0 radical (unpaired) electrons. The van der Waals surface area contributed by atoms with Crippen molar-refractivity contribution in [3.05, 3.63) is 71.8 Å². The van der Waals surface area contributed by atoms with Crippen molar-refractivity contribution >= 4 is 27.9 Å². The molecule has 1 N–H and O–H groups in total. The molecule has 6 heteroatoms. The standard InChI is InChI=1S/C11H14O3.C7H7Br.C4H6O2/c12-8-4-7-11(13)14-9-10-5-2-1-3-6-10;8-6-7-4-2-1-3-5-7;5-4-2-1-3-6-4/h1-3,5-6,12H,4,7-9H2;1-5H,6H2;1-3H2. The zero-order valence-corrected chi connectivity index (χ0v) is 17.5. The average Bonchev–Trinajstić information content (AvgIpc) is 3.24. The van der Waals surface area contributed by atoms with Crippen molar-refractivity contribution < 1.29 is 24.2 Å². The smallest absolute Gasteiger partial charge is 0.306 e. The summed E-state index contributed by atoms with van der Waals surface area (Å²) < 4.78 is 9.49. The van der Waals surface area contributed by atoms with Crippen LogP contribution in [0.2, 0.25) is 0 Å². The summed E-state index contributed by atoms with van der Waals surface area (Å²) in [5, 5.41) is 9.44. The first-order chi connectivity index (χ1) is 13.7. The highest BCUT2D eigenvalue weighted by atomic mass is 79.9. The number of alkyl halides is 1. The van der Waals surface area contributed by atoms with Crippen molar-refractivity contribution in [1.29, 1.82) is 0 Å². The van der Waals surface area contributed by atoms with Gasteiger partial charge >= 0.3 is 11.9 Å². The van der Waals surface area contributed by atoms with Gasteiger partial charge in [-0.15, -0.1) is 0 Å². The maximum Gasteiger partial charge on any atom is 0.306 e. The Bertz CT molecular complexity index is 653. The summed E-state index contributed by atoms with van der Waals surface area (Å²) in [4.78, 5) is 21.1. The highest BCUT2D eigenvalue weighted by molar-refractivity contribution is 9.08. The van der Waals surface area contributed by atoms with Gasteiger partial charge in [0.15, 0.2) is 0 Å². The molecule has 5 nitrogen and oxygen atoms in total. The zero-order valence-electron chi connectivity index (χ0n) is 15.9. The monoisotopic (exact) mass is 450 g/mol. The number of aliphatic hydroxyl groups is 1. The molecular formula is C22H27BrO5. The lowest BCUT2D eigenvalue weighted by atomic mass is 10.2. The van der Waals surface area contributed by atoms with Crippen molar-refractivity contribution in [2.75, 3.05) is 13.2 Å². The van der Waals surface area contributed by atoms with Crippen molar-refractivity contribution in [3.8, 4) is 0 Å². The molecule has 152 valence electrons. The van der Waals surface area contributed by atoms with E-state index in [1.807, 2.05) is 48.5 Å². The van der Waals surface area contributed by atoms with Crippen LogP contribution < -0.4 is 0 Å². The first-order valence-electron chi connectivity index (χ1n) is 9.21. The van der Waals surface area contributed by atoms with Gasteiger partial charge in [-0.05, 0) is 24.0 Å². The van der Waals surface area contributed by atoms with Crippen molar-refractivity contribution in [2.45, 2.75) is 37.6 Å². The fourth-order valence-electron chi connectivity index (χ4n) is 2.08. The third-order valence-corrected chi connectivity index (χ3v) is 4.21. The molecule has 0 amide bonds. The minimum Gasteiger partial charge on any atom is -0.466 e. The molecule has 0 spiro atoms. The Labute approximate surface area is 174 Å². The number of cyclic esters (lactones) is 1. The second kappa shape index (κ2) is 15.8. The second-order valence-corrected chi connectivity index (χ2v) is 6.48. The van der Waals surface area contributed by atoms with Crippen LogP contribution in [0.25, 0.3) is 0 Å². The predicted octanol–water partition coefficient (Wildman–Crippen LogP) is 4.41. The van der Waals surface area contributed by atoms with E-state index in [0.29, 0.717) is 26.1 Å². The van der Waals surface area contributed by atoms with E-state index < -0.39 is 0 Å². The Morgan fingerprint density at radius 3 is 2.04 bits per heavy atom. The first kappa shape index (κ1) is 23.9. The number of hydrogen-bond acceptors (Lipinski definition) is 5. The highest BCUT2D eigenvalue weighted by Gasteiger charge is 2.08. The molecule has 1 aliphatic heterocycles. The Morgan fingerprint density at radius 1 is 1.04 bits per heavy atom. The molecule has 0 aromatic heterocycles. The van der Waals surface area contributed by atoms with Gasteiger partial charge in [0.2, 0.25) is 0 Å². The van der Waals surface area contributed by atoms with E-state index >= 15 is 0 Å². The van der Waals surface area contributed by atoms with Gasteiger partial charge in [0.05, 0.1) is 6.61 Å². The minimum absolute atomic E-state index is 0.0282. The molecule has 1 aliphatic rings. The number of hydrogen-bond donors (Lipinski definition) is 1. The maximum absolute atomic E-state index is 11.0. The summed E-state index contributed by atoms with van der Waals surface area (Å²) in [7, 11) is 0. The molecular weight excluding hydrogens is 424 g/mol. The highest BCUT2D eigenvalue weighted by Crippen LogP contribution is 2.03. The van der Waals surface area contributed by atoms with Crippen molar-refractivity contribution in [1.82, 2.24) is 0 Å². The molecule has 1 heterocycles. The van der Waals surface area contributed by atoms with Gasteiger partial charge in [0.1, 0.15) is 6.61 Å². The molecule has 0 saturated carbocycles. The number of rotatable bonds is 6. The Morgan fingerprint density at radius 2 is 1.64 bits per heavy atom. The third kappa shape index (κ3) is 12.3. The second-order valence-electron chi connectivity index (χ2n) is 5.92. The molecule has 1 saturated heterocycles. The molecule has 2 aromatic rings. The SMILES string of the molecule is BrCc1ccccc1.O=C(CCCO)OCc1ccccc1.O=C1CCCO1. The predicted molar refractivity (Wildman–Crippen MR) is 112 cm³/mol. The fourth-order valence-corrected chi connectivity index (χ4v) is 2.45. The molecule has 0 bridgehead atoms. The summed E-state index contributed by atoms with van der Waals surface area (Å²) >= 11 is 3.36. The molecule has 1 fully saturated rings. The quantitative estimate of drug-likeness (QED) is 0.521. The topological polar surface area (TPSA) is 72.8 Å². The van der Waals surface area contributed by atoms with Crippen LogP contribution in [0.5, 0.6) is 0 Å². The van der Waals surface area contributed by atoms with E-state index in [0.717, 1.165) is 17.3 Å². The number of carbonyl (C=O) groups excluding carboxylic acids is 2. The minimum atomic E-state index is -0.261. The van der Waals surface area contributed by atoms with Crippen LogP contribution in [0.4, 0.5) is 0 Å². The first-order valence-corrected chi connectivity index (χ1v) is 10.3. The lowest BCUT2D eigenvalue weighted by Crippen LogP contribution is -2.05. The average molecular weight is 451 g/mol. The van der Waals surface area contributed by atoms with E-state index in [1.54, 1.807) is 0 Å². The normalized spacial score (nSPS) is 12.0. The third-order valence-electron chi connectivity index (χ3n) is 3.57. The number of aliphatic hydroxyl groups excluding tert-OH is 1. The largest absolute Gasteiger partial charge is 0.466 e. The van der Waals surface area contributed by atoms with Gasteiger partial charge in [0, 0.05) is 24.8 Å². The van der Waals surface area contributed by atoms with Gasteiger partial charge in [-0.2, -0.15) is 0 Å². The molecule has 28 heavy (non-hydrogen) atoms. The van der Waals surface area contributed by atoms with Gasteiger partial charge in [-0.25, -0.2) is 0 Å². The summed E-state index contributed by atoms with van der Waals surface area (Å²) in [6, 6.07) is 19.8. The molecule has 0 aliphatic carbocycles. The number of ether oxygens (including phenoxy) is 2. The fraction of sp³-hybridized carbons (Fsp3) is 0.364. The Kier molecular flexibility index (Phi) is 13.5. The van der Waals surface area contributed by atoms with Gasteiger partial charge in [-0.3, -0.25) is 9.59 Å². The molecule has 0 atom stereocenters. The summed E-state index contributed by atoms with van der Waals surface area (Å²) in [6.45, 7) is 0.977. The molecule has 0 unspecified atom stereocenters. The van der Waals surface area contributed by atoms with Crippen LogP contribution in [0.15, 0.2) is 60.7 Å². The van der Waals surface area contributed by atoms with E-state index in [-0.39, 0.29) is 25.0 Å². The summed E-state index contributed by atoms with van der Waals surface area (Å²) in [5.41, 5.74) is 2.30. The summed E-state index contributed by atoms with van der Waals surface area (Å²) in [6.07, 6.45) is 2.29. The van der Waals surface area contributed by atoms with Crippen molar-refractivity contribution in [2.24, 2.45) is 0 Å². The van der Waals surface area contributed by atoms with Crippen LogP contribution >= 0.6 is 15.9 Å². The van der Waals surface area contributed by atoms with Crippen molar-refractivity contribution in [3.63, 3.8) is 0 Å². The number of halogens is 1. The van der Waals surface area contributed by atoms with E-state index in [1.165, 1.54) is 5.56 Å². The number of esters is 2. The van der Waals surface area contributed by atoms with Crippen LogP contribution in [0.1, 0.15) is 36.8 Å². The van der Waals surface area contributed by atoms with Crippen LogP contribution in [-0.2, 0) is 31.0 Å².